The van der Waals surface area contributed by atoms with Gasteiger partial charge in [-0.2, -0.15) is 4.80 Å². The number of carbonyl (C=O) groups is 1. The van der Waals surface area contributed by atoms with Crippen LogP contribution in [0.3, 0.4) is 0 Å². The van der Waals surface area contributed by atoms with Gasteiger partial charge in [0.25, 0.3) is 5.91 Å². The molecule has 1 heterocycles. The number of ether oxygens (including phenoxy) is 1. The van der Waals surface area contributed by atoms with Crippen LogP contribution in [0.5, 0.6) is 5.75 Å². The maximum absolute atomic E-state index is 12.8. The fourth-order valence-corrected chi connectivity index (χ4v) is 3.10. The van der Waals surface area contributed by atoms with Gasteiger partial charge in [0.05, 0.1) is 11.8 Å². The predicted molar refractivity (Wildman–Crippen MR) is 118 cm³/mol. The number of rotatable bonds is 6. The molecule has 4 rings (SSSR count). The Bertz CT molecular complexity index is 1180. The van der Waals surface area contributed by atoms with Crippen LogP contribution in [-0.4, -0.2) is 27.0 Å². The summed E-state index contributed by atoms with van der Waals surface area (Å²) in [4.78, 5) is 14.4. The van der Waals surface area contributed by atoms with Crippen LogP contribution < -0.4 is 10.1 Å². The molecule has 3 aromatic carbocycles. The molecule has 6 heteroatoms. The van der Waals surface area contributed by atoms with Crippen molar-refractivity contribution >= 4 is 22.6 Å². The Morgan fingerprint density at radius 3 is 2.50 bits per heavy atom. The minimum Gasteiger partial charge on any atom is -0.491 e. The average molecular weight is 400 g/mol. The van der Waals surface area contributed by atoms with E-state index in [1.54, 1.807) is 16.9 Å². The Morgan fingerprint density at radius 1 is 1.03 bits per heavy atom. The molecule has 0 saturated heterocycles. The number of fused-ring (bicyclic) bond motifs is 1. The van der Waals surface area contributed by atoms with E-state index in [0.29, 0.717) is 22.5 Å². The normalized spacial score (nSPS) is 12.0. The molecule has 0 spiro atoms. The first kappa shape index (κ1) is 19.6. The second-order valence-corrected chi connectivity index (χ2v) is 7.30. The van der Waals surface area contributed by atoms with Gasteiger partial charge >= 0.3 is 0 Å². The van der Waals surface area contributed by atoms with Gasteiger partial charge in [-0.15, -0.1) is 10.2 Å². The molecule has 0 aliphatic rings. The third-order valence-electron chi connectivity index (χ3n) is 4.97. The van der Waals surface area contributed by atoms with Crippen LogP contribution in [0.1, 0.15) is 36.2 Å². The van der Waals surface area contributed by atoms with Crippen LogP contribution in [0.2, 0.25) is 0 Å². The number of aromatic nitrogens is 3. The Hall–Kier alpha value is -3.67. The van der Waals surface area contributed by atoms with Gasteiger partial charge in [0.2, 0.25) is 0 Å². The third-order valence-corrected chi connectivity index (χ3v) is 4.97. The highest BCUT2D eigenvalue weighted by Crippen LogP contribution is 2.23. The van der Waals surface area contributed by atoms with Crippen molar-refractivity contribution < 1.29 is 9.53 Å². The number of benzene rings is 3. The van der Waals surface area contributed by atoms with Gasteiger partial charge in [0.1, 0.15) is 16.8 Å². The zero-order valence-corrected chi connectivity index (χ0v) is 17.3. The molecule has 1 aromatic heterocycles. The smallest absolute Gasteiger partial charge is 0.255 e. The van der Waals surface area contributed by atoms with Crippen molar-refractivity contribution in [3.05, 3.63) is 77.9 Å². The average Bonchev–Trinajstić information content (AvgIpc) is 3.17. The van der Waals surface area contributed by atoms with Crippen LogP contribution >= 0.6 is 0 Å². The number of anilines is 1. The van der Waals surface area contributed by atoms with E-state index in [0.717, 1.165) is 23.2 Å². The summed E-state index contributed by atoms with van der Waals surface area (Å²) in [6.07, 6.45) is 0.999. The lowest BCUT2D eigenvalue weighted by Crippen LogP contribution is -2.14. The molecule has 1 N–H and O–H groups in total. The quantitative estimate of drug-likeness (QED) is 0.485. The van der Waals surface area contributed by atoms with Crippen molar-refractivity contribution in [2.24, 2.45) is 0 Å². The maximum Gasteiger partial charge on any atom is 0.255 e. The summed E-state index contributed by atoms with van der Waals surface area (Å²) in [5.74, 6) is 0.498. The zero-order valence-electron chi connectivity index (χ0n) is 17.3. The van der Waals surface area contributed by atoms with Gasteiger partial charge in [-0.3, -0.25) is 4.79 Å². The number of hydrogen-bond donors (Lipinski definition) is 1. The van der Waals surface area contributed by atoms with Gasteiger partial charge in [-0.05, 0) is 68.3 Å². The number of nitrogens with zero attached hydrogens (tertiary/aromatic N) is 3. The lowest BCUT2D eigenvalue weighted by atomic mass is 10.1. The summed E-state index contributed by atoms with van der Waals surface area (Å²) in [6, 6.07) is 20.8. The maximum atomic E-state index is 12.8. The summed E-state index contributed by atoms with van der Waals surface area (Å²) < 4.78 is 5.83. The van der Waals surface area contributed by atoms with Crippen molar-refractivity contribution in [3.8, 4) is 11.4 Å². The standard InChI is InChI=1S/C24H24N4O2/c1-4-17(3)30-20-12-8-9-18(14-20)24(29)25-21-15-23-22(13-16(21)2)26-28(27-23)19-10-6-5-7-11-19/h5-15,17H,4H2,1-3H3,(H,25,29). The van der Waals surface area contributed by atoms with Crippen LogP contribution in [0.4, 0.5) is 5.69 Å². The van der Waals surface area contributed by atoms with Gasteiger partial charge in [-0.25, -0.2) is 0 Å². The van der Waals surface area contributed by atoms with Gasteiger partial charge in [-0.1, -0.05) is 31.2 Å². The number of carbonyl (C=O) groups excluding carboxylic acids is 1. The first-order valence-electron chi connectivity index (χ1n) is 10.0. The largest absolute Gasteiger partial charge is 0.491 e. The van der Waals surface area contributed by atoms with E-state index < -0.39 is 0 Å². The molecule has 1 unspecified atom stereocenters. The van der Waals surface area contributed by atoms with E-state index in [1.165, 1.54) is 0 Å². The van der Waals surface area contributed by atoms with E-state index in [2.05, 4.69) is 22.4 Å². The van der Waals surface area contributed by atoms with Crippen LogP contribution in [0, 0.1) is 6.92 Å². The minimum absolute atomic E-state index is 0.0974. The van der Waals surface area contributed by atoms with Gasteiger partial charge < -0.3 is 10.1 Å². The molecular formula is C24H24N4O2. The Labute approximate surface area is 175 Å². The topological polar surface area (TPSA) is 69.0 Å². The zero-order chi connectivity index (χ0) is 21.1. The lowest BCUT2D eigenvalue weighted by Gasteiger charge is -2.13. The van der Waals surface area contributed by atoms with Crippen LogP contribution in [-0.2, 0) is 0 Å². The summed E-state index contributed by atoms with van der Waals surface area (Å²) in [5.41, 5.74) is 4.55. The second kappa shape index (κ2) is 8.37. The van der Waals surface area contributed by atoms with Gasteiger partial charge in [0.15, 0.2) is 0 Å². The Balaban J connectivity index is 1.58. The van der Waals surface area contributed by atoms with Crippen LogP contribution in [0.25, 0.3) is 16.7 Å². The first-order chi connectivity index (χ1) is 14.5. The molecule has 0 aliphatic carbocycles. The molecular weight excluding hydrogens is 376 g/mol. The summed E-state index contributed by atoms with van der Waals surface area (Å²) in [7, 11) is 0. The van der Waals surface area contributed by atoms with E-state index in [1.807, 2.05) is 68.4 Å². The molecule has 1 atom stereocenters. The fraction of sp³-hybridized carbons (Fsp3) is 0.208. The Kier molecular flexibility index (Phi) is 5.48. The SMILES string of the molecule is CCC(C)Oc1cccc(C(=O)Nc2cc3nn(-c4ccccc4)nc3cc2C)c1. The molecule has 4 aromatic rings. The number of nitrogens with one attached hydrogen (secondary N) is 1. The molecule has 1 amide bonds. The third kappa shape index (κ3) is 4.17. The van der Waals surface area contributed by atoms with E-state index in [-0.39, 0.29) is 12.0 Å². The summed E-state index contributed by atoms with van der Waals surface area (Å²) >= 11 is 0. The van der Waals surface area contributed by atoms with E-state index >= 15 is 0 Å². The first-order valence-corrected chi connectivity index (χ1v) is 10.0. The van der Waals surface area contributed by atoms with Crippen molar-refractivity contribution in [2.45, 2.75) is 33.3 Å². The van der Waals surface area contributed by atoms with E-state index in [4.69, 9.17) is 4.74 Å². The number of amides is 1. The highest BCUT2D eigenvalue weighted by Gasteiger charge is 2.13. The molecule has 6 nitrogen and oxygen atoms in total. The van der Waals surface area contributed by atoms with Crippen molar-refractivity contribution in [1.82, 2.24) is 15.0 Å². The van der Waals surface area contributed by atoms with Crippen molar-refractivity contribution in [3.63, 3.8) is 0 Å². The monoisotopic (exact) mass is 400 g/mol. The van der Waals surface area contributed by atoms with E-state index in [9.17, 15) is 4.79 Å². The summed E-state index contributed by atoms with van der Waals surface area (Å²) in [6.45, 7) is 6.01. The summed E-state index contributed by atoms with van der Waals surface area (Å²) in [5, 5.41) is 12.1. The minimum atomic E-state index is -0.192. The number of aryl methyl sites for hydroxylation is 1. The lowest BCUT2D eigenvalue weighted by molar-refractivity contribution is 0.102. The van der Waals surface area contributed by atoms with Gasteiger partial charge in [0, 0.05) is 11.3 Å². The predicted octanol–water partition coefficient (Wildman–Crippen LogP) is 5.16. The Morgan fingerprint density at radius 2 is 1.77 bits per heavy atom. The highest BCUT2D eigenvalue weighted by atomic mass is 16.5. The molecule has 30 heavy (non-hydrogen) atoms. The second-order valence-electron chi connectivity index (χ2n) is 7.30. The van der Waals surface area contributed by atoms with Crippen molar-refractivity contribution in [2.75, 3.05) is 5.32 Å². The number of para-hydroxylation sites is 1. The molecule has 152 valence electrons. The molecule has 0 aliphatic heterocycles. The molecule has 0 saturated carbocycles. The van der Waals surface area contributed by atoms with Crippen LogP contribution in [0.15, 0.2) is 66.7 Å². The molecule has 0 fully saturated rings. The highest BCUT2D eigenvalue weighted by molar-refractivity contribution is 6.05. The molecule has 0 bridgehead atoms. The van der Waals surface area contributed by atoms with Crippen molar-refractivity contribution in [1.29, 1.82) is 0 Å². The fourth-order valence-electron chi connectivity index (χ4n) is 3.10. The number of hydrogen-bond acceptors (Lipinski definition) is 4. The molecule has 0 radical (unpaired) electrons.